The Bertz CT molecular complexity index is 540. The minimum Gasteiger partial charge on any atom is -0.444 e. The molecule has 0 aromatic carbocycles. The molecule has 0 spiro atoms. The molecule has 6 nitrogen and oxygen atoms in total. The van der Waals surface area contributed by atoms with Crippen LogP contribution in [0.25, 0.3) is 0 Å². The second-order valence-electron chi connectivity index (χ2n) is 8.06. The van der Waals surface area contributed by atoms with Gasteiger partial charge in [-0.15, -0.1) is 0 Å². The molecular formula is C19H32N4O2. The molecule has 1 unspecified atom stereocenters. The highest BCUT2D eigenvalue weighted by Gasteiger charge is 2.37. The van der Waals surface area contributed by atoms with Crippen LogP contribution in [0, 0.1) is 5.41 Å². The lowest BCUT2D eigenvalue weighted by Crippen LogP contribution is -2.51. The van der Waals surface area contributed by atoms with Crippen LogP contribution >= 0.6 is 0 Å². The summed E-state index contributed by atoms with van der Waals surface area (Å²) in [5.41, 5.74) is 0.644. The van der Waals surface area contributed by atoms with Crippen LogP contribution in [-0.4, -0.2) is 46.2 Å². The predicted molar refractivity (Wildman–Crippen MR) is 98.1 cm³/mol. The van der Waals surface area contributed by atoms with Crippen molar-refractivity contribution in [2.45, 2.75) is 65.5 Å². The standard InChI is InChI=1S/C19H32N4O2/c1-5-8-19(13-21-12-16-7-10-20-15-22-16)9-6-11-23(14-19)17(24)25-18(2,3)4/h7,10,15,21H,5-6,8-9,11-14H2,1-4H3. The molecule has 1 N–H and O–H groups in total. The number of carbonyl (C=O) groups is 1. The average Bonchev–Trinajstić information content (AvgIpc) is 2.55. The topological polar surface area (TPSA) is 67.4 Å². The van der Waals surface area contributed by atoms with Crippen LogP contribution in [0.15, 0.2) is 18.6 Å². The van der Waals surface area contributed by atoms with E-state index in [4.69, 9.17) is 4.74 Å². The summed E-state index contributed by atoms with van der Waals surface area (Å²) in [5.74, 6) is 0. The summed E-state index contributed by atoms with van der Waals surface area (Å²) in [6, 6.07) is 1.92. The third-order valence-electron chi connectivity index (χ3n) is 4.54. The van der Waals surface area contributed by atoms with Crippen molar-refractivity contribution in [3.63, 3.8) is 0 Å². The lowest BCUT2D eigenvalue weighted by molar-refractivity contribution is 0.00233. The van der Waals surface area contributed by atoms with Gasteiger partial charge in [-0.25, -0.2) is 14.8 Å². The molecule has 1 fully saturated rings. The van der Waals surface area contributed by atoms with E-state index in [1.165, 1.54) is 0 Å². The number of hydrogen-bond acceptors (Lipinski definition) is 5. The predicted octanol–water partition coefficient (Wildman–Crippen LogP) is 3.38. The number of nitrogens with one attached hydrogen (secondary N) is 1. The van der Waals surface area contributed by atoms with Gasteiger partial charge in [0.2, 0.25) is 0 Å². The van der Waals surface area contributed by atoms with Crippen molar-refractivity contribution in [3.8, 4) is 0 Å². The Labute approximate surface area is 151 Å². The second kappa shape index (κ2) is 8.61. The molecule has 1 atom stereocenters. The minimum atomic E-state index is -0.451. The third kappa shape index (κ3) is 6.27. The highest BCUT2D eigenvalue weighted by atomic mass is 16.6. The molecule has 1 aromatic heterocycles. The number of amides is 1. The molecule has 0 bridgehead atoms. The Balaban J connectivity index is 1.96. The maximum atomic E-state index is 12.5. The van der Waals surface area contributed by atoms with Crippen molar-refractivity contribution in [1.82, 2.24) is 20.2 Å². The van der Waals surface area contributed by atoms with Crippen molar-refractivity contribution in [2.24, 2.45) is 5.41 Å². The quantitative estimate of drug-likeness (QED) is 0.853. The van der Waals surface area contributed by atoms with E-state index in [0.717, 1.165) is 57.6 Å². The molecule has 1 aromatic rings. The normalized spacial score (nSPS) is 21.2. The number of hydrogen-bond donors (Lipinski definition) is 1. The van der Waals surface area contributed by atoms with Crippen LogP contribution in [0.1, 0.15) is 59.1 Å². The van der Waals surface area contributed by atoms with E-state index in [1.807, 2.05) is 31.7 Å². The Morgan fingerprint density at radius 2 is 2.24 bits per heavy atom. The van der Waals surface area contributed by atoms with Crippen LogP contribution in [0.2, 0.25) is 0 Å². The highest BCUT2D eigenvalue weighted by Crippen LogP contribution is 2.34. The van der Waals surface area contributed by atoms with Crippen LogP contribution in [0.5, 0.6) is 0 Å². The molecule has 0 aliphatic carbocycles. The zero-order valence-corrected chi connectivity index (χ0v) is 16.0. The average molecular weight is 348 g/mol. The van der Waals surface area contributed by atoms with Crippen molar-refractivity contribution in [1.29, 1.82) is 0 Å². The van der Waals surface area contributed by atoms with Gasteiger partial charge in [0.05, 0.1) is 5.69 Å². The Kier molecular flexibility index (Phi) is 6.76. The molecule has 140 valence electrons. The number of rotatable bonds is 6. The summed E-state index contributed by atoms with van der Waals surface area (Å²) >= 11 is 0. The third-order valence-corrected chi connectivity index (χ3v) is 4.54. The van der Waals surface area contributed by atoms with Gasteiger partial charge in [0.15, 0.2) is 0 Å². The first-order chi connectivity index (χ1) is 11.8. The smallest absolute Gasteiger partial charge is 0.410 e. The Hall–Kier alpha value is -1.69. The SMILES string of the molecule is CCCC1(CNCc2ccncn2)CCCN(C(=O)OC(C)(C)C)C1. The Morgan fingerprint density at radius 3 is 2.88 bits per heavy atom. The highest BCUT2D eigenvalue weighted by molar-refractivity contribution is 5.68. The minimum absolute atomic E-state index is 0.108. The molecule has 2 rings (SSSR count). The van der Waals surface area contributed by atoms with Crippen LogP contribution in [0.4, 0.5) is 4.79 Å². The molecule has 1 saturated heterocycles. The van der Waals surface area contributed by atoms with Crippen LogP contribution < -0.4 is 5.32 Å². The van der Waals surface area contributed by atoms with Crippen LogP contribution in [0.3, 0.4) is 0 Å². The van der Waals surface area contributed by atoms with E-state index in [-0.39, 0.29) is 11.5 Å². The second-order valence-corrected chi connectivity index (χ2v) is 8.06. The summed E-state index contributed by atoms with van der Waals surface area (Å²) in [6.45, 7) is 11.1. The van der Waals surface area contributed by atoms with Gasteiger partial charge in [0.25, 0.3) is 0 Å². The van der Waals surface area contributed by atoms with Gasteiger partial charge < -0.3 is 15.0 Å². The fraction of sp³-hybridized carbons (Fsp3) is 0.737. The van der Waals surface area contributed by atoms with Gasteiger partial charge in [0, 0.05) is 37.8 Å². The van der Waals surface area contributed by atoms with Crippen molar-refractivity contribution in [2.75, 3.05) is 19.6 Å². The fourth-order valence-electron chi connectivity index (χ4n) is 3.54. The van der Waals surface area contributed by atoms with Crippen molar-refractivity contribution < 1.29 is 9.53 Å². The first kappa shape index (κ1) is 19.6. The lowest BCUT2D eigenvalue weighted by atomic mass is 9.76. The molecule has 0 radical (unpaired) electrons. The number of piperidine rings is 1. The summed E-state index contributed by atoms with van der Waals surface area (Å²) in [4.78, 5) is 22.6. The molecule has 0 saturated carbocycles. The number of aromatic nitrogens is 2. The van der Waals surface area contributed by atoms with E-state index in [9.17, 15) is 4.79 Å². The summed E-state index contributed by atoms with van der Waals surface area (Å²) < 4.78 is 5.57. The molecule has 2 heterocycles. The van der Waals surface area contributed by atoms with Crippen LogP contribution in [-0.2, 0) is 11.3 Å². The number of carbonyl (C=O) groups excluding carboxylic acids is 1. The van der Waals surface area contributed by atoms with Crippen molar-refractivity contribution in [3.05, 3.63) is 24.3 Å². The molecule has 1 aliphatic heterocycles. The maximum absolute atomic E-state index is 12.5. The summed E-state index contributed by atoms with van der Waals surface area (Å²) in [7, 11) is 0. The molecular weight excluding hydrogens is 316 g/mol. The monoisotopic (exact) mass is 348 g/mol. The summed E-state index contributed by atoms with van der Waals surface area (Å²) in [6.07, 6.45) is 7.51. The number of nitrogens with zero attached hydrogens (tertiary/aromatic N) is 3. The molecule has 25 heavy (non-hydrogen) atoms. The van der Waals surface area contributed by atoms with E-state index < -0.39 is 5.60 Å². The Morgan fingerprint density at radius 1 is 1.44 bits per heavy atom. The van der Waals surface area contributed by atoms with E-state index in [2.05, 4.69) is 22.2 Å². The van der Waals surface area contributed by atoms with E-state index in [1.54, 1.807) is 12.5 Å². The largest absolute Gasteiger partial charge is 0.444 e. The van der Waals surface area contributed by atoms with Gasteiger partial charge in [-0.2, -0.15) is 0 Å². The van der Waals surface area contributed by atoms with Gasteiger partial charge in [-0.3, -0.25) is 0 Å². The fourth-order valence-corrected chi connectivity index (χ4v) is 3.54. The maximum Gasteiger partial charge on any atom is 0.410 e. The zero-order chi connectivity index (χ0) is 18.3. The number of ether oxygens (including phenoxy) is 1. The van der Waals surface area contributed by atoms with Gasteiger partial charge >= 0.3 is 6.09 Å². The summed E-state index contributed by atoms with van der Waals surface area (Å²) in [5, 5.41) is 3.54. The van der Waals surface area contributed by atoms with E-state index >= 15 is 0 Å². The first-order valence-electron chi connectivity index (χ1n) is 9.27. The van der Waals surface area contributed by atoms with Crippen molar-refractivity contribution >= 4 is 6.09 Å². The first-order valence-corrected chi connectivity index (χ1v) is 9.27. The van der Waals surface area contributed by atoms with E-state index in [0.29, 0.717) is 0 Å². The zero-order valence-electron chi connectivity index (χ0n) is 16.0. The van der Waals surface area contributed by atoms with Gasteiger partial charge in [-0.1, -0.05) is 13.3 Å². The van der Waals surface area contributed by atoms with Gasteiger partial charge in [-0.05, 0) is 46.1 Å². The molecule has 6 heteroatoms. The number of likely N-dealkylation sites (tertiary alicyclic amines) is 1. The van der Waals surface area contributed by atoms with Gasteiger partial charge in [0.1, 0.15) is 11.9 Å². The lowest BCUT2D eigenvalue weighted by Gasteiger charge is -2.43. The molecule has 1 aliphatic rings. The molecule has 1 amide bonds.